The van der Waals surface area contributed by atoms with E-state index in [9.17, 15) is 9.59 Å². The van der Waals surface area contributed by atoms with Crippen molar-refractivity contribution in [2.24, 2.45) is 0 Å². The first-order valence-electron chi connectivity index (χ1n) is 5.86. The van der Waals surface area contributed by atoms with E-state index in [2.05, 4.69) is 25.7 Å². The van der Waals surface area contributed by atoms with Crippen LogP contribution in [0.2, 0.25) is 0 Å². The molecule has 2 heterocycles. The molecule has 0 aromatic carbocycles. The van der Waals surface area contributed by atoms with E-state index in [4.69, 9.17) is 0 Å². The van der Waals surface area contributed by atoms with E-state index in [0.717, 1.165) is 5.56 Å². The molecule has 0 radical (unpaired) electrons. The first-order valence-corrected chi connectivity index (χ1v) is 5.86. The molecular weight excluding hydrogens is 246 g/mol. The Morgan fingerprint density at radius 1 is 1.42 bits per heavy atom. The molecule has 0 saturated carbocycles. The standard InChI is InChI=1S/C12H15N5O2/c1-6-7(2)16-17-12(19)10(6)11(18)15-8(3)9-4-13-14-5-9/h4-5,8H,1-3H3,(H,13,14)(H,15,18)(H,17,19). The number of aryl methyl sites for hydroxylation is 1. The predicted molar refractivity (Wildman–Crippen MR) is 68.8 cm³/mol. The summed E-state index contributed by atoms with van der Waals surface area (Å²) in [6.45, 7) is 5.26. The van der Waals surface area contributed by atoms with Gasteiger partial charge in [0.15, 0.2) is 0 Å². The molecule has 0 bridgehead atoms. The van der Waals surface area contributed by atoms with Crippen molar-refractivity contribution in [2.75, 3.05) is 0 Å². The van der Waals surface area contributed by atoms with Crippen molar-refractivity contribution in [2.45, 2.75) is 26.8 Å². The van der Waals surface area contributed by atoms with Gasteiger partial charge in [-0.2, -0.15) is 10.2 Å². The Balaban J connectivity index is 2.26. The lowest BCUT2D eigenvalue weighted by atomic mass is 10.1. The van der Waals surface area contributed by atoms with Gasteiger partial charge in [0.2, 0.25) is 0 Å². The molecule has 1 atom stereocenters. The van der Waals surface area contributed by atoms with Crippen molar-refractivity contribution >= 4 is 5.91 Å². The van der Waals surface area contributed by atoms with Crippen molar-refractivity contribution in [1.29, 1.82) is 0 Å². The highest BCUT2D eigenvalue weighted by molar-refractivity contribution is 5.95. The molecule has 7 heteroatoms. The van der Waals surface area contributed by atoms with Gasteiger partial charge in [0, 0.05) is 11.8 Å². The van der Waals surface area contributed by atoms with Gasteiger partial charge in [-0.05, 0) is 26.3 Å². The molecule has 1 unspecified atom stereocenters. The third-order valence-corrected chi connectivity index (χ3v) is 3.06. The largest absolute Gasteiger partial charge is 0.345 e. The topological polar surface area (TPSA) is 104 Å². The smallest absolute Gasteiger partial charge is 0.277 e. The summed E-state index contributed by atoms with van der Waals surface area (Å²) in [7, 11) is 0. The fourth-order valence-electron chi connectivity index (χ4n) is 1.75. The summed E-state index contributed by atoms with van der Waals surface area (Å²) >= 11 is 0. The normalized spacial score (nSPS) is 12.2. The number of hydrogen-bond donors (Lipinski definition) is 3. The van der Waals surface area contributed by atoms with E-state index < -0.39 is 11.5 Å². The van der Waals surface area contributed by atoms with Gasteiger partial charge >= 0.3 is 0 Å². The lowest BCUT2D eigenvalue weighted by Gasteiger charge is -2.13. The first-order chi connectivity index (χ1) is 9.00. The molecule has 0 fully saturated rings. The Morgan fingerprint density at radius 2 is 2.16 bits per heavy atom. The van der Waals surface area contributed by atoms with Gasteiger partial charge in [-0.1, -0.05) is 0 Å². The van der Waals surface area contributed by atoms with Crippen LogP contribution in [0, 0.1) is 13.8 Å². The van der Waals surface area contributed by atoms with Crippen molar-refractivity contribution in [3.05, 3.63) is 45.1 Å². The monoisotopic (exact) mass is 261 g/mol. The maximum absolute atomic E-state index is 12.2. The molecule has 2 aromatic rings. The Morgan fingerprint density at radius 3 is 2.79 bits per heavy atom. The second kappa shape index (κ2) is 5.05. The van der Waals surface area contributed by atoms with E-state index in [0.29, 0.717) is 11.3 Å². The van der Waals surface area contributed by atoms with Crippen molar-refractivity contribution in [1.82, 2.24) is 25.7 Å². The second-order valence-corrected chi connectivity index (χ2v) is 4.36. The van der Waals surface area contributed by atoms with Crippen molar-refractivity contribution in [3.8, 4) is 0 Å². The average Bonchev–Trinajstić information content (AvgIpc) is 2.88. The van der Waals surface area contributed by atoms with Crippen LogP contribution in [0.4, 0.5) is 0 Å². The Labute approximate surface area is 109 Å². The number of hydrogen-bond acceptors (Lipinski definition) is 4. The molecule has 19 heavy (non-hydrogen) atoms. The third kappa shape index (κ3) is 2.54. The van der Waals surface area contributed by atoms with Crippen LogP contribution >= 0.6 is 0 Å². The number of carbonyl (C=O) groups excluding carboxylic acids is 1. The Hall–Kier alpha value is -2.44. The quantitative estimate of drug-likeness (QED) is 0.752. The zero-order valence-electron chi connectivity index (χ0n) is 10.9. The SMILES string of the molecule is Cc1n[nH]c(=O)c(C(=O)NC(C)c2cn[nH]c2)c1C. The Kier molecular flexibility index (Phi) is 3.46. The van der Waals surface area contributed by atoms with Gasteiger partial charge in [-0.3, -0.25) is 14.7 Å². The highest BCUT2D eigenvalue weighted by Gasteiger charge is 2.18. The minimum atomic E-state index is -0.486. The number of carbonyl (C=O) groups is 1. The number of aromatic nitrogens is 4. The summed E-state index contributed by atoms with van der Waals surface area (Å²) in [4.78, 5) is 23.9. The minimum Gasteiger partial charge on any atom is -0.345 e. The molecule has 2 rings (SSSR count). The third-order valence-electron chi connectivity index (χ3n) is 3.06. The zero-order chi connectivity index (χ0) is 14.0. The predicted octanol–water partition coefficient (Wildman–Crippen LogP) is 0.601. The van der Waals surface area contributed by atoms with Crippen LogP contribution in [-0.2, 0) is 0 Å². The van der Waals surface area contributed by atoms with Gasteiger partial charge in [0.1, 0.15) is 5.56 Å². The van der Waals surface area contributed by atoms with Gasteiger partial charge in [0.25, 0.3) is 11.5 Å². The van der Waals surface area contributed by atoms with Crippen LogP contribution < -0.4 is 10.9 Å². The summed E-state index contributed by atoms with van der Waals surface area (Å²) in [5, 5.41) is 15.4. The van der Waals surface area contributed by atoms with Gasteiger partial charge in [-0.15, -0.1) is 0 Å². The molecule has 3 N–H and O–H groups in total. The highest BCUT2D eigenvalue weighted by atomic mass is 16.2. The van der Waals surface area contributed by atoms with E-state index in [-0.39, 0.29) is 11.6 Å². The van der Waals surface area contributed by atoms with Crippen molar-refractivity contribution in [3.63, 3.8) is 0 Å². The van der Waals surface area contributed by atoms with Gasteiger partial charge < -0.3 is 5.32 Å². The van der Waals surface area contributed by atoms with Crippen LogP contribution in [0.3, 0.4) is 0 Å². The molecule has 0 spiro atoms. The molecule has 1 amide bonds. The van der Waals surface area contributed by atoms with Crippen LogP contribution in [0.5, 0.6) is 0 Å². The molecule has 0 saturated heterocycles. The molecular formula is C12H15N5O2. The summed E-state index contributed by atoms with van der Waals surface area (Å²) < 4.78 is 0. The Bertz CT molecular complexity index is 645. The number of aromatic amines is 2. The number of H-pyrrole nitrogens is 2. The maximum atomic E-state index is 12.2. The number of nitrogens with one attached hydrogen (secondary N) is 3. The summed E-state index contributed by atoms with van der Waals surface area (Å²) in [5.74, 6) is -0.419. The summed E-state index contributed by atoms with van der Waals surface area (Å²) in [5.41, 5.74) is 1.66. The van der Waals surface area contributed by atoms with Crippen LogP contribution in [0.25, 0.3) is 0 Å². The molecule has 0 aliphatic rings. The minimum absolute atomic E-state index is 0.0999. The number of nitrogens with zero attached hydrogens (tertiary/aromatic N) is 2. The summed E-state index contributed by atoms with van der Waals surface area (Å²) in [6.07, 6.45) is 3.32. The lowest BCUT2D eigenvalue weighted by Crippen LogP contribution is -2.33. The second-order valence-electron chi connectivity index (χ2n) is 4.36. The van der Waals surface area contributed by atoms with Crippen molar-refractivity contribution < 1.29 is 4.79 Å². The zero-order valence-corrected chi connectivity index (χ0v) is 10.9. The highest BCUT2D eigenvalue weighted by Crippen LogP contribution is 2.11. The van der Waals surface area contributed by atoms with E-state index >= 15 is 0 Å². The lowest BCUT2D eigenvalue weighted by molar-refractivity contribution is 0.0937. The van der Waals surface area contributed by atoms with Crippen LogP contribution in [-0.4, -0.2) is 26.3 Å². The molecule has 0 aliphatic heterocycles. The van der Waals surface area contributed by atoms with Gasteiger partial charge in [-0.25, -0.2) is 5.10 Å². The number of rotatable bonds is 3. The average molecular weight is 261 g/mol. The molecule has 7 nitrogen and oxygen atoms in total. The molecule has 2 aromatic heterocycles. The maximum Gasteiger partial charge on any atom is 0.277 e. The van der Waals surface area contributed by atoms with Crippen LogP contribution in [0.1, 0.15) is 40.1 Å². The van der Waals surface area contributed by atoms with Crippen LogP contribution in [0.15, 0.2) is 17.2 Å². The molecule has 100 valence electrons. The number of amides is 1. The van der Waals surface area contributed by atoms with Gasteiger partial charge in [0.05, 0.1) is 17.9 Å². The molecule has 0 aliphatic carbocycles. The van der Waals surface area contributed by atoms with E-state index in [1.165, 1.54) is 0 Å². The fraction of sp³-hybridized carbons (Fsp3) is 0.333. The summed E-state index contributed by atoms with van der Waals surface area (Å²) in [6, 6.07) is -0.237. The van der Waals surface area contributed by atoms with E-state index in [1.807, 2.05) is 6.92 Å². The first kappa shape index (κ1) is 13.0. The van der Waals surface area contributed by atoms with E-state index in [1.54, 1.807) is 26.2 Å². The fourth-order valence-corrected chi connectivity index (χ4v) is 1.75.